The Labute approximate surface area is 119 Å². The van der Waals surface area contributed by atoms with E-state index in [9.17, 15) is 14.0 Å². The fourth-order valence-electron chi connectivity index (χ4n) is 1.73. The Balaban J connectivity index is 2.29. The van der Waals surface area contributed by atoms with Crippen molar-refractivity contribution in [1.82, 2.24) is 5.32 Å². The third kappa shape index (κ3) is 2.65. The molecule has 1 heterocycles. The van der Waals surface area contributed by atoms with Crippen molar-refractivity contribution in [2.75, 3.05) is 0 Å². The maximum Gasteiger partial charge on any atom is 0.329 e. The first-order chi connectivity index (χ1) is 9.35. The summed E-state index contributed by atoms with van der Waals surface area (Å²) in [5.74, 6) is -1.91. The highest BCUT2D eigenvalue weighted by Gasteiger charge is 2.33. The van der Waals surface area contributed by atoms with Gasteiger partial charge >= 0.3 is 5.97 Å². The van der Waals surface area contributed by atoms with Gasteiger partial charge in [0.1, 0.15) is 11.4 Å². The molecular formula is C14H14FNO3S. The first-order valence-electron chi connectivity index (χ1n) is 6.11. The molecule has 0 aliphatic rings. The summed E-state index contributed by atoms with van der Waals surface area (Å²) in [6.45, 7) is 3.15. The fraction of sp³-hybridized carbons (Fsp3) is 0.286. The third-order valence-electron chi connectivity index (χ3n) is 3.27. The molecule has 2 N–H and O–H groups in total. The van der Waals surface area contributed by atoms with Crippen LogP contribution in [0.1, 0.15) is 29.9 Å². The number of hydrogen-bond donors (Lipinski definition) is 2. The topological polar surface area (TPSA) is 66.4 Å². The average molecular weight is 295 g/mol. The highest BCUT2D eigenvalue weighted by molar-refractivity contribution is 7.20. The summed E-state index contributed by atoms with van der Waals surface area (Å²) < 4.78 is 13.9. The summed E-state index contributed by atoms with van der Waals surface area (Å²) in [4.78, 5) is 23.7. The van der Waals surface area contributed by atoms with Gasteiger partial charge in [-0.2, -0.15) is 0 Å². The van der Waals surface area contributed by atoms with Gasteiger partial charge in [-0.1, -0.05) is 6.92 Å². The third-order valence-corrected chi connectivity index (χ3v) is 4.39. The van der Waals surface area contributed by atoms with Gasteiger partial charge in [-0.15, -0.1) is 11.3 Å². The molecule has 0 aliphatic heterocycles. The Morgan fingerprint density at radius 2 is 2.10 bits per heavy atom. The molecule has 2 aromatic rings. The number of amides is 1. The quantitative estimate of drug-likeness (QED) is 0.911. The molecule has 0 radical (unpaired) electrons. The van der Waals surface area contributed by atoms with E-state index < -0.39 is 17.4 Å². The molecule has 1 amide bonds. The van der Waals surface area contributed by atoms with Crippen LogP contribution < -0.4 is 5.32 Å². The molecule has 1 atom stereocenters. The van der Waals surface area contributed by atoms with Crippen LogP contribution in [0.25, 0.3) is 10.1 Å². The zero-order chi connectivity index (χ0) is 14.9. The van der Waals surface area contributed by atoms with Gasteiger partial charge < -0.3 is 10.4 Å². The summed E-state index contributed by atoms with van der Waals surface area (Å²) in [5.41, 5.74) is -1.31. The number of carboxylic acids is 1. The summed E-state index contributed by atoms with van der Waals surface area (Å²) in [6.07, 6.45) is 0.271. The van der Waals surface area contributed by atoms with E-state index in [0.717, 1.165) is 4.70 Å². The molecule has 6 heteroatoms. The molecule has 0 spiro atoms. The lowest BCUT2D eigenvalue weighted by Gasteiger charge is -2.24. The molecular weight excluding hydrogens is 281 g/mol. The van der Waals surface area contributed by atoms with Gasteiger partial charge in [0.05, 0.1) is 4.88 Å². The molecule has 106 valence electrons. The lowest BCUT2D eigenvalue weighted by atomic mass is 9.99. The van der Waals surface area contributed by atoms with E-state index in [0.29, 0.717) is 10.3 Å². The van der Waals surface area contributed by atoms with Crippen LogP contribution in [0.5, 0.6) is 0 Å². The van der Waals surface area contributed by atoms with Crippen LogP contribution in [-0.2, 0) is 4.79 Å². The molecule has 0 fully saturated rings. The summed E-state index contributed by atoms with van der Waals surface area (Å²) in [7, 11) is 0. The zero-order valence-electron chi connectivity index (χ0n) is 11.1. The zero-order valence-corrected chi connectivity index (χ0v) is 11.9. The summed E-state index contributed by atoms with van der Waals surface area (Å²) in [6, 6.07) is 5.84. The lowest BCUT2D eigenvalue weighted by Crippen LogP contribution is -2.51. The van der Waals surface area contributed by atoms with Crippen LogP contribution in [0, 0.1) is 5.82 Å². The van der Waals surface area contributed by atoms with E-state index in [2.05, 4.69) is 5.32 Å². The molecule has 20 heavy (non-hydrogen) atoms. The highest BCUT2D eigenvalue weighted by atomic mass is 32.1. The molecule has 2 rings (SSSR count). The van der Waals surface area contributed by atoms with Crippen molar-refractivity contribution in [1.29, 1.82) is 0 Å². The second-order valence-corrected chi connectivity index (χ2v) is 5.82. The van der Waals surface area contributed by atoms with Crippen molar-refractivity contribution >= 4 is 33.3 Å². The van der Waals surface area contributed by atoms with E-state index in [1.807, 2.05) is 0 Å². The van der Waals surface area contributed by atoms with Gasteiger partial charge in [-0.25, -0.2) is 9.18 Å². The van der Waals surface area contributed by atoms with Crippen molar-refractivity contribution in [2.24, 2.45) is 0 Å². The normalized spacial score (nSPS) is 13.9. The standard InChI is InChI=1S/C14H14FNO3S/c1-3-14(2,13(18)19)16-12(17)11-7-8-6-9(15)4-5-10(8)20-11/h4-7H,3H2,1-2H3,(H,16,17)(H,18,19). The first kappa shape index (κ1) is 14.5. The van der Waals surface area contributed by atoms with Gasteiger partial charge in [0, 0.05) is 4.70 Å². The Morgan fingerprint density at radius 1 is 1.40 bits per heavy atom. The largest absolute Gasteiger partial charge is 0.480 e. The number of rotatable bonds is 4. The van der Waals surface area contributed by atoms with Gasteiger partial charge in [-0.05, 0) is 43.0 Å². The van der Waals surface area contributed by atoms with Crippen molar-refractivity contribution in [3.05, 3.63) is 35.0 Å². The maximum absolute atomic E-state index is 13.1. The molecule has 1 unspecified atom stereocenters. The Morgan fingerprint density at radius 3 is 2.70 bits per heavy atom. The smallest absolute Gasteiger partial charge is 0.329 e. The van der Waals surface area contributed by atoms with Crippen LogP contribution in [0.3, 0.4) is 0 Å². The maximum atomic E-state index is 13.1. The highest BCUT2D eigenvalue weighted by Crippen LogP contribution is 2.26. The van der Waals surface area contributed by atoms with E-state index in [1.54, 1.807) is 19.1 Å². The monoisotopic (exact) mass is 295 g/mol. The SMILES string of the molecule is CCC(C)(NC(=O)c1cc2cc(F)ccc2s1)C(=O)O. The number of halogens is 1. The number of aliphatic carboxylic acids is 1. The van der Waals surface area contributed by atoms with Gasteiger partial charge in [-0.3, -0.25) is 4.79 Å². The molecule has 0 aliphatic carbocycles. The number of nitrogens with one attached hydrogen (secondary N) is 1. The van der Waals surface area contributed by atoms with Gasteiger partial charge in [0.25, 0.3) is 5.91 Å². The lowest BCUT2D eigenvalue weighted by molar-refractivity contribution is -0.143. The predicted molar refractivity (Wildman–Crippen MR) is 75.6 cm³/mol. The van der Waals surface area contributed by atoms with Crippen LogP contribution in [0.2, 0.25) is 0 Å². The van der Waals surface area contributed by atoms with Crippen LogP contribution in [0.15, 0.2) is 24.3 Å². The van der Waals surface area contributed by atoms with E-state index in [4.69, 9.17) is 5.11 Å². The predicted octanol–water partition coefficient (Wildman–Crippen LogP) is 3.02. The molecule has 0 bridgehead atoms. The number of fused-ring (bicyclic) bond motifs is 1. The van der Waals surface area contributed by atoms with Crippen molar-refractivity contribution in [2.45, 2.75) is 25.8 Å². The fourth-order valence-corrected chi connectivity index (χ4v) is 2.67. The number of carboxylic acid groups (broad SMARTS) is 1. The number of carbonyl (C=O) groups excluding carboxylic acids is 1. The molecule has 1 aromatic carbocycles. The van der Waals surface area contributed by atoms with Crippen molar-refractivity contribution < 1.29 is 19.1 Å². The number of benzene rings is 1. The minimum atomic E-state index is -1.31. The second kappa shape index (κ2) is 5.20. The average Bonchev–Trinajstić information content (AvgIpc) is 2.81. The molecule has 1 aromatic heterocycles. The summed E-state index contributed by atoms with van der Waals surface area (Å²) in [5, 5.41) is 12.3. The van der Waals surface area contributed by atoms with Crippen molar-refractivity contribution in [3.8, 4) is 0 Å². The minimum absolute atomic E-state index is 0.271. The van der Waals surface area contributed by atoms with Gasteiger partial charge in [0.2, 0.25) is 0 Å². The van der Waals surface area contributed by atoms with E-state index in [-0.39, 0.29) is 12.2 Å². The van der Waals surface area contributed by atoms with Crippen LogP contribution >= 0.6 is 11.3 Å². The van der Waals surface area contributed by atoms with Gasteiger partial charge in [0.15, 0.2) is 0 Å². The first-order valence-corrected chi connectivity index (χ1v) is 6.92. The Hall–Kier alpha value is -1.95. The molecule has 0 saturated heterocycles. The second-order valence-electron chi connectivity index (χ2n) is 4.74. The van der Waals surface area contributed by atoms with Crippen molar-refractivity contribution in [3.63, 3.8) is 0 Å². The van der Waals surface area contributed by atoms with E-state index in [1.165, 1.54) is 30.4 Å². The molecule has 4 nitrogen and oxygen atoms in total. The number of carbonyl (C=O) groups is 2. The van der Waals surface area contributed by atoms with E-state index >= 15 is 0 Å². The Bertz CT molecular complexity index is 682. The van der Waals surface area contributed by atoms with Crippen LogP contribution in [-0.4, -0.2) is 22.5 Å². The minimum Gasteiger partial charge on any atom is -0.480 e. The summed E-state index contributed by atoms with van der Waals surface area (Å²) >= 11 is 1.21. The molecule has 0 saturated carbocycles. The van der Waals surface area contributed by atoms with Crippen LogP contribution in [0.4, 0.5) is 4.39 Å². The number of hydrogen-bond acceptors (Lipinski definition) is 3. The number of thiophene rings is 1. The Kier molecular flexibility index (Phi) is 3.76.